The summed E-state index contributed by atoms with van der Waals surface area (Å²) >= 11 is 7.92. The Morgan fingerprint density at radius 2 is 2.12 bits per heavy atom. The average Bonchev–Trinajstić information content (AvgIpc) is 3.11. The van der Waals surface area contributed by atoms with Crippen LogP contribution in [0.3, 0.4) is 0 Å². The number of benzene rings is 2. The Morgan fingerprint density at radius 3 is 2.84 bits per heavy atom. The first kappa shape index (κ1) is 18.0. The zero-order valence-corrected chi connectivity index (χ0v) is 15.6. The number of amides is 1. The Kier molecular flexibility index (Phi) is 5.76. The molecule has 25 heavy (non-hydrogen) atoms. The second-order valence-electron chi connectivity index (χ2n) is 6.10. The molecule has 4 nitrogen and oxygen atoms in total. The number of likely N-dealkylation sites (tertiary alicyclic amines) is 1. The van der Waals surface area contributed by atoms with Crippen molar-refractivity contribution in [3.63, 3.8) is 0 Å². The van der Waals surface area contributed by atoms with Gasteiger partial charge in [0.1, 0.15) is 5.75 Å². The van der Waals surface area contributed by atoms with E-state index < -0.39 is 0 Å². The molecule has 6 heteroatoms. The lowest BCUT2D eigenvalue weighted by Crippen LogP contribution is -2.29. The topological polar surface area (TPSA) is 55.6 Å². The van der Waals surface area contributed by atoms with Gasteiger partial charge in [-0.2, -0.15) is 0 Å². The van der Waals surface area contributed by atoms with Gasteiger partial charge in [-0.05, 0) is 30.5 Å². The minimum absolute atomic E-state index is 0.0500. The van der Waals surface area contributed by atoms with Crippen molar-refractivity contribution in [2.45, 2.75) is 11.3 Å². The van der Waals surface area contributed by atoms with Gasteiger partial charge in [-0.15, -0.1) is 11.8 Å². The molecule has 2 N–H and O–H groups in total. The van der Waals surface area contributed by atoms with E-state index in [9.17, 15) is 4.79 Å². The fourth-order valence-electron chi connectivity index (χ4n) is 2.96. The summed E-state index contributed by atoms with van der Waals surface area (Å²) in [5.41, 5.74) is 6.68. The molecule has 0 spiro atoms. The summed E-state index contributed by atoms with van der Waals surface area (Å²) in [6.45, 7) is 1.51. The van der Waals surface area contributed by atoms with E-state index in [0.29, 0.717) is 27.9 Å². The standard InChI is InChI=1S/C19H21ClN2O2S/c1-24-18-10-17(21)16(20)9-15(18)19(23)22-8-7-13(11-22)12-25-14-5-3-2-4-6-14/h2-6,9-10,13H,7-8,11-12,21H2,1H3. The molecule has 1 heterocycles. The Morgan fingerprint density at radius 1 is 1.36 bits per heavy atom. The van der Waals surface area contributed by atoms with Gasteiger partial charge in [0.05, 0.1) is 23.4 Å². The number of anilines is 1. The normalized spacial score (nSPS) is 16.9. The highest BCUT2D eigenvalue weighted by atomic mass is 35.5. The molecule has 2 aromatic carbocycles. The van der Waals surface area contributed by atoms with Gasteiger partial charge in [0, 0.05) is 29.8 Å². The molecule has 3 rings (SSSR count). The Hall–Kier alpha value is -1.85. The highest BCUT2D eigenvalue weighted by Gasteiger charge is 2.29. The maximum Gasteiger partial charge on any atom is 0.257 e. The van der Waals surface area contributed by atoms with E-state index in [1.807, 2.05) is 34.9 Å². The number of nitrogens with two attached hydrogens (primary N) is 1. The van der Waals surface area contributed by atoms with E-state index in [1.54, 1.807) is 12.1 Å². The molecule has 1 atom stereocenters. The van der Waals surface area contributed by atoms with Crippen molar-refractivity contribution in [3.05, 3.63) is 53.1 Å². The highest BCUT2D eigenvalue weighted by Crippen LogP contribution is 2.32. The largest absolute Gasteiger partial charge is 0.496 e. The second kappa shape index (κ2) is 8.02. The van der Waals surface area contributed by atoms with Crippen LogP contribution in [-0.4, -0.2) is 36.8 Å². The molecule has 0 aliphatic carbocycles. The molecule has 0 aromatic heterocycles. The van der Waals surface area contributed by atoms with Gasteiger partial charge >= 0.3 is 0 Å². The van der Waals surface area contributed by atoms with Crippen LogP contribution in [0.2, 0.25) is 5.02 Å². The number of carbonyl (C=O) groups is 1. The fraction of sp³-hybridized carbons (Fsp3) is 0.316. The quantitative estimate of drug-likeness (QED) is 0.628. The lowest BCUT2D eigenvalue weighted by molar-refractivity contribution is 0.0785. The number of hydrogen-bond acceptors (Lipinski definition) is 4. The van der Waals surface area contributed by atoms with Gasteiger partial charge in [0.2, 0.25) is 0 Å². The van der Waals surface area contributed by atoms with E-state index in [4.69, 9.17) is 22.1 Å². The first-order chi connectivity index (χ1) is 12.1. The van der Waals surface area contributed by atoms with Gasteiger partial charge in [-0.25, -0.2) is 0 Å². The van der Waals surface area contributed by atoms with Crippen LogP contribution < -0.4 is 10.5 Å². The fourth-order valence-corrected chi connectivity index (χ4v) is 4.17. The van der Waals surface area contributed by atoms with E-state index >= 15 is 0 Å². The van der Waals surface area contributed by atoms with Crippen molar-refractivity contribution in [2.24, 2.45) is 5.92 Å². The summed E-state index contributed by atoms with van der Waals surface area (Å²) in [5.74, 6) is 1.91. The number of nitrogens with zero attached hydrogens (tertiary/aromatic N) is 1. The number of methoxy groups -OCH3 is 1. The van der Waals surface area contributed by atoms with Crippen molar-refractivity contribution < 1.29 is 9.53 Å². The second-order valence-corrected chi connectivity index (χ2v) is 7.60. The predicted molar refractivity (Wildman–Crippen MR) is 104 cm³/mol. The van der Waals surface area contributed by atoms with Crippen LogP contribution >= 0.6 is 23.4 Å². The molecule has 1 saturated heterocycles. The maximum atomic E-state index is 12.8. The number of halogens is 1. The van der Waals surface area contributed by atoms with Crippen LogP contribution in [0.4, 0.5) is 5.69 Å². The van der Waals surface area contributed by atoms with Crippen LogP contribution in [-0.2, 0) is 0 Å². The van der Waals surface area contributed by atoms with E-state index in [0.717, 1.165) is 25.3 Å². The molecule has 1 unspecified atom stereocenters. The average molecular weight is 377 g/mol. The summed E-state index contributed by atoms with van der Waals surface area (Å²) in [5, 5.41) is 0.375. The van der Waals surface area contributed by atoms with Gasteiger partial charge in [-0.1, -0.05) is 29.8 Å². The van der Waals surface area contributed by atoms with E-state index in [2.05, 4.69) is 12.1 Å². The first-order valence-electron chi connectivity index (χ1n) is 8.18. The zero-order chi connectivity index (χ0) is 17.8. The van der Waals surface area contributed by atoms with Crippen molar-refractivity contribution in [2.75, 3.05) is 31.7 Å². The molecule has 1 aliphatic heterocycles. The van der Waals surface area contributed by atoms with Gasteiger partial charge in [0.25, 0.3) is 5.91 Å². The first-order valence-corrected chi connectivity index (χ1v) is 9.55. The Bertz CT molecular complexity index is 755. The van der Waals surface area contributed by atoms with Crippen LogP contribution in [0.1, 0.15) is 16.8 Å². The number of carbonyl (C=O) groups excluding carboxylic acids is 1. The maximum absolute atomic E-state index is 12.8. The molecule has 2 aromatic rings. The molecule has 1 aliphatic rings. The number of thioether (sulfide) groups is 1. The van der Waals surface area contributed by atoms with Crippen molar-refractivity contribution in [1.29, 1.82) is 0 Å². The molecule has 0 saturated carbocycles. The third kappa shape index (κ3) is 4.22. The van der Waals surface area contributed by atoms with Crippen molar-refractivity contribution in [1.82, 2.24) is 4.90 Å². The smallest absolute Gasteiger partial charge is 0.257 e. The molecule has 1 amide bonds. The van der Waals surface area contributed by atoms with Crippen molar-refractivity contribution in [3.8, 4) is 5.75 Å². The third-order valence-corrected chi connectivity index (χ3v) is 5.92. The lowest BCUT2D eigenvalue weighted by Gasteiger charge is -2.19. The van der Waals surface area contributed by atoms with Crippen LogP contribution in [0.25, 0.3) is 0 Å². The molecular formula is C19H21ClN2O2S. The Balaban J connectivity index is 1.64. The monoisotopic (exact) mass is 376 g/mol. The summed E-state index contributed by atoms with van der Waals surface area (Å²) in [6, 6.07) is 13.5. The number of hydrogen-bond donors (Lipinski definition) is 1. The van der Waals surface area contributed by atoms with Crippen LogP contribution in [0, 0.1) is 5.92 Å². The zero-order valence-electron chi connectivity index (χ0n) is 14.1. The highest BCUT2D eigenvalue weighted by molar-refractivity contribution is 7.99. The number of rotatable bonds is 5. The minimum atomic E-state index is -0.0500. The minimum Gasteiger partial charge on any atom is -0.496 e. The van der Waals surface area contributed by atoms with Gasteiger partial charge in [-0.3, -0.25) is 4.79 Å². The number of nitrogen functional groups attached to an aromatic ring is 1. The number of ether oxygens (including phenoxy) is 1. The SMILES string of the molecule is COc1cc(N)c(Cl)cc1C(=O)N1CCC(CSc2ccccc2)C1. The van der Waals surface area contributed by atoms with Gasteiger partial charge in [0.15, 0.2) is 0 Å². The summed E-state index contributed by atoms with van der Waals surface area (Å²) in [4.78, 5) is 16.0. The molecular weight excluding hydrogens is 356 g/mol. The van der Waals surface area contributed by atoms with Gasteiger partial charge < -0.3 is 15.4 Å². The summed E-state index contributed by atoms with van der Waals surface area (Å²) < 4.78 is 5.30. The van der Waals surface area contributed by atoms with Crippen LogP contribution in [0.15, 0.2) is 47.4 Å². The third-order valence-electron chi connectivity index (χ3n) is 4.35. The molecule has 0 bridgehead atoms. The van der Waals surface area contributed by atoms with Crippen LogP contribution in [0.5, 0.6) is 5.75 Å². The lowest BCUT2D eigenvalue weighted by atomic mass is 10.1. The molecule has 0 radical (unpaired) electrons. The van der Waals surface area contributed by atoms with E-state index in [-0.39, 0.29) is 5.91 Å². The molecule has 1 fully saturated rings. The summed E-state index contributed by atoms with van der Waals surface area (Å²) in [6.07, 6.45) is 1.01. The Labute approximate surface area is 157 Å². The predicted octanol–water partition coefficient (Wildman–Crippen LogP) is 4.19. The van der Waals surface area contributed by atoms with E-state index in [1.165, 1.54) is 12.0 Å². The van der Waals surface area contributed by atoms with Crippen molar-refractivity contribution >= 4 is 35.0 Å². The molecule has 132 valence electrons. The summed E-state index contributed by atoms with van der Waals surface area (Å²) in [7, 11) is 1.53.